The van der Waals surface area contributed by atoms with Crippen LogP contribution in [-0.2, 0) is 9.53 Å². The van der Waals surface area contributed by atoms with Crippen molar-refractivity contribution in [2.24, 2.45) is 0 Å². The lowest BCUT2D eigenvalue weighted by Crippen LogP contribution is -2.57. The van der Waals surface area contributed by atoms with Crippen molar-refractivity contribution in [1.29, 1.82) is 0 Å². The van der Waals surface area contributed by atoms with Gasteiger partial charge in [-0.05, 0) is 0 Å². The van der Waals surface area contributed by atoms with Crippen LogP contribution in [0.4, 0.5) is 9.59 Å². The second-order valence-corrected chi connectivity index (χ2v) is 5.07. The summed E-state index contributed by atoms with van der Waals surface area (Å²) in [6.07, 6.45) is 0. The normalized spacial score (nSPS) is 21.0. The molecule has 9 nitrogen and oxygen atoms in total. The summed E-state index contributed by atoms with van der Waals surface area (Å²) >= 11 is 0. The molecular formula is C12H20N4O5. The van der Waals surface area contributed by atoms with Gasteiger partial charge in [0.15, 0.2) is 0 Å². The fraction of sp³-hybridized carbons (Fsp3) is 0.750. The molecule has 0 bridgehead atoms. The van der Waals surface area contributed by atoms with Gasteiger partial charge in [-0.2, -0.15) is 0 Å². The van der Waals surface area contributed by atoms with Gasteiger partial charge in [-0.1, -0.05) is 0 Å². The Bertz CT molecular complexity index is 430. The molecule has 2 aliphatic heterocycles. The molecule has 118 valence electrons. The SMILES string of the molecule is COCCN(CC(=O)O)C(=O)N1CCN2C(=O)NCC2C1. The molecule has 1 unspecified atom stereocenters. The van der Waals surface area contributed by atoms with Crippen molar-refractivity contribution in [1.82, 2.24) is 20.0 Å². The van der Waals surface area contributed by atoms with Crippen molar-refractivity contribution >= 4 is 18.0 Å². The minimum Gasteiger partial charge on any atom is -0.480 e. The number of methoxy groups -OCH3 is 1. The second-order valence-electron chi connectivity index (χ2n) is 5.07. The van der Waals surface area contributed by atoms with Crippen molar-refractivity contribution in [3.05, 3.63) is 0 Å². The maximum atomic E-state index is 12.4. The fourth-order valence-corrected chi connectivity index (χ4v) is 2.58. The Morgan fingerprint density at radius 3 is 2.90 bits per heavy atom. The van der Waals surface area contributed by atoms with Crippen LogP contribution in [0.1, 0.15) is 0 Å². The summed E-state index contributed by atoms with van der Waals surface area (Å²) in [5.74, 6) is -1.06. The predicted molar refractivity (Wildman–Crippen MR) is 71.9 cm³/mol. The van der Waals surface area contributed by atoms with Crippen LogP contribution in [0.15, 0.2) is 0 Å². The molecule has 9 heteroatoms. The number of carbonyl (C=O) groups excluding carboxylic acids is 2. The molecule has 2 aliphatic rings. The number of nitrogens with zero attached hydrogens (tertiary/aromatic N) is 3. The minimum absolute atomic E-state index is 0.0377. The number of amides is 4. The van der Waals surface area contributed by atoms with Crippen LogP contribution in [0.3, 0.4) is 0 Å². The molecule has 4 amide bonds. The van der Waals surface area contributed by atoms with E-state index < -0.39 is 5.97 Å². The van der Waals surface area contributed by atoms with E-state index in [0.29, 0.717) is 26.2 Å². The number of aliphatic carboxylic acids is 1. The average Bonchev–Trinajstić information content (AvgIpc) is 2.83. The molecule has 0 aromatic rings. The van der Waals surface area contributed by atoms with Crippen LogP contribution >= 0.6 is 0 Å². The molecule has 21 heavy (non-hydrogen) atoms. The standard InChI is InChI=1S/C12H20N4O5/c1-21-5-4-15(8-10(17)18)12(20)14-2-3-16-9(7-14)6-13-11(16)19/h9H,2-8H2,1H3,(H,13,19)(H,17,18). The van der Waals surface area contributed by atoms with E-state index in [0.717, 1.165) is 0 Å². The Balaban J connectivity index is 1.96. The zero-order valence-corrected chi connectivity index (χ0v) is 11.9. The largest absolute Gasteiger partial charge is 0.480 e. The number of ether oxygens (including phenoxy) is 1. The van der Waals surface area contributed by atoms with Gasteiger partial charge in [0, 0.05) is 39.8 Å². The molecule has 0 saturated carbocycles. The highest BCUT2D eigenvalue weighted by molar-refractivity contribution is 5.81. The first-order chi connectivity index (χ1) is 10.0. The Hall–Kier alpha value is -2.03. The van der Waals surface area contributed by atoms with E-state index in [9.17, 15) is 14.4 Å². The monoisotopic (exact) mass is 300 g/mol. The van der Waals surface area contributed by atoms with Crippen molar-refractivity contribution in [3.63, 3.8) is 0 Å². The number of fused-ring (bicyclic) bond motifs is 1. The summed E-state index contributed by atoms with van der Waals surface area (Å²) in [5, 5.41) is 11.6. The molecule has 0 radical (unpaired) electrons. The molecule has 0 aromatic heterocycles. The van der Waals surface area contributed by atoms with Gasteiger partial charge in [0.25, 0.3) is 0 Å². The zero-order valence-electron chi connectivity index (χ0n) is 11.9. The van der Waals surface area contributed by atoms with Gasteiger partial charge < -0.3 is 29.9 Å². The Labute approximate surface area is 122 Å². The number of hydrogen-bond acceptors (Lipinski definition) is 4. The first-order valence-electron chi connectivity index (χ1n) is 6.82. The van der Waals surface area contributed by atoms with Crippen LogP contribution in [-0.4, -0.2) is 96.9 Å². The van der Waals surface area contributed by atoms with Gasteiger partial charge in [0.2, 0.25) is 0 Å². The van der Waals surface area contributed by atoms with E-state index in [1.54, 1.807) is 9.80 Å². The topological polar surface area (TPSA) is 102 Å². The van der Waals surface area contributed by atoms with E-state index in [-0.39, 0.29) is 37.8 Å². The molecule has 0 aromatic carbocycles. The zero-order chi connectivity index (χ0) is 15.4. The van der Waals surface area contributed by atoms with Gasteiger partial charge in [-0.3, -0.25) is 4.79 Å². The molecule has 2 rings (SSSR count). The van der Waals surface area contributed by atoms with E-state index in [2.05, 4.69) is 5.32 Å². The third-order valence-corrected chi connectivity index (χ3v) is 3.66. The van der Waals surface area contributed by atoms with E-state index >= 15 is 0 Å². The van der Waals surface area contributed by atoms with Crippen molar-refractivity contribution in [3.8, 4) is 0 Å². The van der Waals surface area contributed by atoms with Crippen molar-refractivity contribution < 1.29 is 24.2 Å². The summed E-state index contributed by atoms with van der Waals surface area (Å²) in [4.78, 5) is 39.4. The van der Waals surface area contributed by atoms with Crippen LogP contribution < -0.4 is 5.32 Å². The predicted octanol–water partition coefficient (Wildman–Crippen LogP) is -1.15. The summed E-state index contributed by atoms with van der Waals surface area (Å²) < 4.78 is 4.91. The lowest BCUT2D eigenvalue weighted by molar-refractivity contribution is -0.137. The highest BCUT2D eigenvalue weighted by atomic mass is 16.5. The van der Waals surface area contributed by atoms with Gasteiger partial charge in [0.05, 0.1) is 12.6 Å². The third-order valence-electron chi connectivity index (χ3n) is 3.66. The molecule has 0 spiro atoms. The fourth-order valence-electron chi connectivity index (χ4n) is 2.58. The van der Waals surface area contributed by atoms with Crippen LogP contribution in [0, 0.1) is 0 Å². The Kier molecular flexibility index (Phi) is 4.84. The van der Waals surface area contributed by atoms with E-state index in [1.165, 1.54) is 12.0 Å². The summed E-state index contributed by atoms with van der Waals surface area (Å²) in [7, 11) is 1.50. The number of hydrogen-bond donors (Lipinski definition) is 2. The van der Waals surface area contributed by atoms with Crippen molar-refractivity contribution in [2.45, 2.75) is 6.04 Å². The Morgan fingerprint density at radius 1 is 1.48 bits per heavy atom. The molecule has 2 heterocycles. The Morgan fingerprint density at radius 2 is 2.24 bits per heavy atom. The van der Waals surface area contributed by atoms with Crippen LogP contribution in [0.2, 0.25) is 0 Å². The van der Waals surface area contributed by atoms with Gasteiger partial charge >= 0.3 is 18.0 Å². The first kappa shape index (κ1) is 15.4. The van der Waals surface area contributed by atoms with E-state index in [1.807, 2.05) is 0 Å². The summed E-state index contributed by atoms with van der Waals surface area (Å²) in [6.45, 7) is 1.95. The molecule has 0 aliphatic carbocycles. The highest BCUT2D eigenvalue weighted by Crippen LogP contribution is 2.15. The molecule has 2 fully saturated rings. The van der Waals surface area contributed by atoms with Crippen LogP contribution in [0.5, 0.6) is 0 Å². The minimum atomic E-state index is -1.06. The highest BCUT2D eigenvalue weighted by Gasteiger charge is 2.38. The maximum Gasteiger partial charge on any atom is 0.323 e. The number of carboxylic acid groups (broad SMARTS) is 1. The molecular weight excluding hydrogens is 280 g/mol. The lowest BCUT2D eigenvalue weighted by Gasteiger charge is -2.38. The van der Waals surface area contributed by atoms with Gasteiger partial charge in [0.1, 0.15) is 6.54 Å². The number of nitrogens with one attached hydrogen (secondary N) is 1. The first-order valence-corrected chi connectivity index (χ1v) is 6.82. The van der Waals surface area contributed by atoms with Gasteiger partial charge in [-0.25, -0.2) is 9.59 Å². The number of urea groups is 2. The summed E-state index contributed by atoms with van der Waals surface area (Å²) in [5.41, 5.74) is 0. The van der Waals surface area contributed by atoms with E-state index in [4.69, 9.17) is 9.84 Å². The second kappa shape index (κ2) is 6.61. The van der Waals surface area contributed by atoms with Gasteiger partial charge in [-0.15, -0.1) is 0 Å². The maximum absolute atomic E-state index is 12.4. The number of piperazine rings is 1. The molecule has 2 saturated heterocycles. The molecule has 2 N–H and O–H groups in total. The quantitative estimate of drug-likeness (QED) is 0.667. The van der Waals surface area contributed by atoms with Crippen molar-refractivity contribution in [2.75, 3.05) is 53.0 Å². The number of carbonyl (C=O) groups is 3. The van der Waals surface area contributed by atoms with Crippen LogP contribution in [0.25, 0.3) is 0 Å². The smallest absolute Gasteiger partial charge is 0.323 e. The molecule has 1 atom stereocenters. The number of carboxylic acids is 1. The average molecular weight is 300 g/mol. The third kappa shape index (κ3) is 3.54. The number of rotatable bonds is 5. The summed E-state index contributed by atoms with van der Waals surface area (Å²) in [6, 6.07) is -0.466. The lowest BCUT2D eigenvalue weighted by atomic mass is 10.2.